The van der Waals surface area contributed by atoms with Crippen LogP contribution in [0.5, 0.6) is 5.75 Å². The Morgan fingerprint density at radius 3 is 2.34 bits per heavy atom. The first-order chi connectivity index (χ1) is 19.7. The van der Waals surface area contributed by atoms with Gasteiger partial charge in [0.25, 0.3) is 0 Å². The molecule has 41 heavy (non-hydrogen) atoms. The lowest BCUT2D eigenvalue weighted by molar-refractivity contribution is -0.149. The van der Waals surface area contributed by atoms with Gasteiger partial charge in [-0.15, -0.1) is 0 Å². The van der Waals surface area contributed by atoms with Gasteiger partial charge in [-0.2, -0.15) is 0 Å². The Balaban J connectivity index is 1.52. The highest BCUT2D eigenvalue weighted by Crippen LogP contribution is 2.20. The molecule has 0 bridgehead atoms. The fourth-order valence-electron chi connectivity index (χ4n) is 4.11. The SMILES string of the molecule is CCOC(Cc1ccc(OCCN(CCCOCc2cc(Cl)cc(Cl)c2)C(=O)Nc2cccc(C)c2)cc1)C(=O)O. The number of aryl methyl sites for hydroxylation is 1. The van der Waals surface area contributed by atoms with E-state index in [1.165, 1.54) is 0 Å². The quantitative estimate of drug-likeness (QED) is 0.174. The van der Waals surface area contributed by atoms with Crippen LogP contribution >= 0.6 is 23.2 Å². The van der Waals surface area contributed by atoms with Crippen LogP contribution < -0.4 is 10.1 Å². The third-order valence-electron chi connectivity index (χ3n) is 6.08. The van der Waals surface area contributed by atoms with Crippen LogP contribution in [0, 0.1) is 6.92 Å². The van der Waals surface area contributed by atoms with Crippen LogP contribution in [-0.2, 0) is 27.3 Å². The predicted octanol–water partition coefficient (Wildman–Crippen LogP) is 6.85. The van der Waals surface area contributed by atoms with Gasteiger partial charge in [-0.25, -0.2) is 9.59 Å². The molecule has 1 atom stereocenters. The Labute approximate surface area is 251 Å². The van der Waals surface area contributed by atoms with E-state index in [1.807, 2.05) is 55.5 Å². The van der Waals surface area contributed by atoms with E-state index in [0.717, 1.165) is 22.4 Å². The molecule has 3 aromatic rings. The number of ether oxygens (including phenoxy) is 3. The Kier molecular flexibility index (Phi) is 13.2. The second kappa shape index (κ2) is 16.8. The zero-order chi connectivity index (χ0) is 29.6. The predicted molar refractivity (Wildman–Crippen MR) is 161 cm³/mol. The van der Waals surface area contributed by atoms with Crippen LogP contribution in [0.15, 0.2) is 66.7 Å². The van der Waals surface area contributed by atoms with Crippen LogP contribution in [0.3, 0.4) is 0 Å². The molecule has 1 unspecified atom stereocenters. The maximum atomic E-state index is 13.1. The number of amides is 2. The molecule has 0 saturated carbocycles. The van der Waals surface area contributed by atoms with Crippen molar-refractivity contribution in [1.82, 2.24) is 4.90 Å². The highest BCUT2D eigenvalue weighted by Gasteiger charge is 2.18. The summed E-state index contributed by atoms with van der Waals surface area (Å²) >= 11 is 12.1. The lowest BCUT2D eigenvalue weighted by Crippen LogP contribution is -2.39. The minimum atomic E-state index is -0.990. The zero-order valence-corrected chi connectivity index (χ0v) is 24.8. The molecule has 0 saturated heterocycles. The molecule has 0 aliphatic carbocycles. The summed E-state index contributed by atoms with van der Waals surface area (Å²) in [6.07, 6.45) is -0.00284. The molecule has 3 rings (SSSR count). The molecule has 0 heterocycles. The molecule has 2 amide bonds. The fourth-order valence-corrected chi connectivity index (χ4v) is 4.68. The molecular formula is C31H36Cl2N2O6. The number of anilines is 1. The number of benzene rings is 3. The number of carbonyl (C=O) groups excluding carboxylic acids is 1. The summed E-state index contributed by atoms with van der Waals surface area (Å²) in [4.78, 5) is 26.2. The van der Waals surface area contributed by atoms with Gasteiger partial charge in [-0.05, 0) is 79.4 Å². The molecule has 0 radical (unpaired) electrons. The summed E-state index contributed by atoms with van der Waals surface area (Å²) in [5.41, 5.74) is 3.48. The highest BCUT2D eigenvalue weighted by molar-refractivity contribution is 6.34. The number of carboxylic acid groups (broad SMARTS) is 1. The maximum absolute atomic E-state index is 13.1. The van der Waals surface area contributed by atoms with Gasteiger partial charge in [0.05, 0.1) is 13.2 Å². The van der Waals surface area contributed by atoms with Crippen LogP contribution in [0.2, 0.25) is 10.0 Å². The first-order valence-corrected chi connectivity index (χ1v) is 14.2. The van der Waals surface area contributed by atoms with Crippen LogP contribution in [0.4, 0.5) is 10.5 Å². The summed E-state index contributed by atoms with van der Waals surface area (Å²) in [7, 11) is 0. The van der Waals surface area contributed by atoms with Crippen molar-refractivity contribution in [1.29, 1.82) is 0 Å². The van der Waals surface area contributed by atoms with Crippen molar-refractivity contribution in [2.24, 2.45) is 0 Å². The van der Waals surface area contributed by atoms with Crippen molar-refractivity contribution in [3.63, 3.8) is 0 Å². The maximum Gasteiger partial charge on any atom is 0.333 e. The molecule has 220 valence electrons. The Morgan fingerprint density at radius 1 is 0.951 bits per heavy atom. The smallest absolute Gasteiger partial charge is 0.333 e. The monoisotopic (exact) mass is 602 g/mol. The van der Waals surface area contributed by atoms with Gasteiger partial charge in [0.15, 0.2) is 6.10 Å². The largest absolute Gasteiger partial charge is 0.492 e. The van der Waals surface area contributed by atoms with Gasteiger partial charge < -0.3 is 29.5 Å². The first-order valence-electron chi connectivity index (χ1n) is 13.4. The van der Waals surface area contributed by atoms with E-state index in [-0.39, 0.29) is 19.1 Å². The highest BCUT2D eigenvalue weighted by atomic mass is 35.5. The molecule has 0 aliphatic rings. The third-order valence-corrected chi connectivity index (χ3v) is 6.52. The summed E-state index contributed by atoms with van der Waals surface area (Å²) < 4.78 is 17.0. The van der Waals surface area contributed by atoms with E-state index in [2.05, 4.69) is 5.32 Å². The normalized spacial score (nSPS) is 11.6. The lowest BCUT2D eigenvalue weighted by atomic mass is 10.1. The fraction of sp³-hybridized carbons (Fsp3) is 0.355. The molecular weight excluding hydrogens is 567 g/mol. The Hall–Kier alpha value is -3.30. The van der Waals surface area contributed by atoms with E-state index >= 15 is 0 Å². The summed E-state index contributed by atoms with van der Waals surface area (Å²) in [6, 6.07) is 19.9. The average molecular weight is 604 g/mol. The number of hydrogen-bond donors (Lipinski definition) is 2. The second-order valence-electron chi connectivity index (χ2n) is 9.45. The molecule has 2 N–H and O–H groups in total. The number of carboxylic acids is 1. The third kappa shape index (κ3) is 11.6. The second-order valence-corrected chi connectivity index (χ2v) is 10.3. The standard InChI is InChI=1S/C31H36Cl2N2O6/c1-3-40-29(30(36)37)19-23-8-10-28(11-9-23)41-15-13-35(31(38)34-27-7-4-6-22(2)16-27)12-5-14-39-21-24-17-25(32)20-26(33)18-24/h4,6-11,16-18,20,29H,3,5,12-15,19,21H2,1-2H3,(H,34,38)(H,36,37). The average Bonchev–Trinajstić information content (AvgIpc) is 2.92. The number of carbonyl (C=O) groups is 2. The molecule has 0 aromatic heterocycles. The van der Waals surface area contributed by atoms with Gasteiger partial charge in [0.1, 0.15) is 12.4 Å². The number of nitrogens with zero attached hydrogens (tertiary/aromatic N) is 1. The van der Waals surface area contributed by atoms with Crippen molar-refractivity contribution in [3.8, 4) is 5.75 Å². The number of rotatable bonds is 16. The van der Waals surface area contributed by atoms with Crippen molar-refractivity contribution < 1.29 is 28.9 Å². The van der Waals surface area contributed by atoms with Crippen molar-refractivity contribution >= 4 is 40.9 Å². The molecule has 0 aliphatic heterocycles. The molecule has 10 heteroatoms. The van der Waals surface area contributed by atoms with Gasteiger partial charge >= 0.3 is 12.0 Å². The number of hydrogen-bond acceptors (Lipinski definition) is 5. The number of halogens is 2. The van der Waals surface area contributed by atoms with Crippen molar-refractivity contribution in [3.05, 3.63) is 93.5 Å². The van der Waals surface area contributed by atoms with E-state index < -0.39 is 12.1 Å². The summed E-state index contributed by atoms with van der Waals surface area (Å²) in [5.74, 6) is -0.366. The number of nitrogens with one attached hydrogen (secondary N) is 1. The molecule has 0 fully saturated rings. The topological polar surface area (TPSA) is 97.3 Å². The molecule has 0 spiro atoms. The van der Waals surface area contributed by atoms with Gasteiger partial charge in [0, 0.05) is 41.9 Å². The Morgan fingerprint density at radius 2 is 1.68 bits per heavy atom. The molecule has 8 nitrogen and oxygen atoms in total. The van der Waals surface area contributed by atoms with Crippen LogP contribution in [0.25, 0.3) is 0 Å². The number of aliphatic carboxylic acids is 1. The molecule has 3 aromatic carbocycles. The van der Waals surface area contributed by atoms with Crippen LogP contribution in [-0.4, -0.2) is 61.0 Å². The zero-order valence-electron chi connectivity index (χ0n) is 23.3. The van der Waals surface area contributed by atoms with Crippen molar-refractivity contribution in [2.45, 2.75) is 39.4 Å². The number of urea groups is 1. The van der Waals surface area contributed by atoms with Crippen LogP contribution in [0.1, 0.15) is 30.0 Å². The summed E-state index contributed by atoms with van der Waals surface area (Å²) in [5, 5.41) is 13.4. The van der Waals surface area contributed by atoms with Gasteiger partial charge in [0.2, 0.25) is 0 Å². The van der Waals surface area contributed by atoms with E-state index in [9.17, 15) is 14.7 Å². The summed E-state index contributed by atoms with van der Waals surface area (Å²) in [6.45, 7) is 5.97. The van der Waals surface area contributed by atoms with E-state index in [4.69, 9.17) is 37.4 Å². The minimum absolute atomic E-state index is 0.230. The van der Waals surface area contributed by atoms with Crippen molar-refractivity contribution in [2.75, 3.05) is 38.2 Å². The lowest BCUT2D eigenvalue weighted by Gasteiger charge is -2.23. The van der Waals surface area contributed by atoms with Gasteiger partial charge in [-0.3, -0.25) is 0 Å². The van der Waals surface area contributed by atoms with E-state index in [0.29, 0.717) is 55.1 Å². The minimum Gasteiger partial charge on any atom is -0.492 e. The Bertz CT molecular complexity index is 1250. The first kappa shape index (κ1) is 32.2. The van der Waals surface area contributed by atoms with E-state index in [1.54, 1.807) is 30.0 Å². The van der Waals surface area contributed by atoms with Gasteiger partial charge in [-0.1, -0.05) is 47.5 Å².